The Morgan fingerprint density at radius 3 is 2.68 bits per heavy atom. The Kier molecular flexibility index (Phi) is 5.85. The molecule has 0 radical (unpaired) electrons. The third-order valence-corrected chi connectivity index (χ3v) is 2.67. The first-order chi connectivity index (χ1) is 9.08. The summed E-state index contributed by atoms with van der Waals surface area (Å²) in [5, 5.41) is 0. The second-order valence-corrected chi connectivity index (χ2v) is 4.05. The summed E-state index contributed by atoms with van der Waals surface area (Å²) in [5.41, 5.74) is 1.04. The van der Waals surface area contributed by atoms with Gasteiger partial charge in [-0.25, -0.2) is 4.79 Å². The number of amides is 1. The molecule has 0 N–H and O–H groups in total. The van der Waals surface area contributed by atoms with Crippen LogP contribution in [0.4, 0.5) is 0 Å². The van der Waals surface area contributed by atoms with Crippen LogP contribution in [0.3, 0.4) is 0 Å². The summed E-state index contributed by atoms with van der Waals surface area (Å²) in [6.45, 7) is 2.32. The van der Waals surface area contributed by atoms with Crippen molar-refractivity contribution in [1.82, 2.24) is 4.90 Å². The van der Waals surface area contributed by atoms with Crippen molar-refractivity contribution in [3.8, 4) is 5.75 Å². The molecular formula is C14H19NO4. The minimum absolute atomic E-state index is 0.203. The summed E-state index contributed by atoms with van der Waals surface area (Å²) in [6, 6.07) is 7.60. The Hall–Kier alpha value is -2.04. The fourth-order valence-corrected chi connectivity index (χ4v) is 1.57. The molecule has 0 aliphatic rings. The molecule has 1 rings (SSSR count). The number of esters is 1. The molecule has 104 valence electrons. The standard InChI is InChI=1S/C14H19NO4/c1-4-19-14(17)13(16)15(2)9-8-11-6-5-7-12(10-11)18-3/h5-7,10H,4,8-9H2,1-3H3. The van der Waals surface area contributed by atoms with Crippen molar-refractivity contribution in [2.75, 3.05) is 27.3 Å². The molecule has 0 aliphatic heterocycles. The largest absolute Gasteiger partial charge is 0.497 e. The average molecular weight is 265 g/mol. The van der Waals surface area contributed by atoms with Gasteiger partial charge in [0.2, 0.25) is 0 Å². The Bertz CT molecular complexity index is 445. The van der Waals surface area contributed by atoms with Gasteiger partial charge in [-0.1, -0.05) is 12.1 Å². The van der Waals surface area contributed by atoms with Gasteiger partial charge in [0.25, 0.3) is 0 Å². The predicted octanol–water partition coefficient (Wildman–Crippen LogP) is 1.26. The van der Waals surface area contributed by atoms with Crippen LogP contribution in [0.15, 0.2) is 24.3 Å². The number of hydrogen-bond acceptors (Lipinski definition) is 4. The summed E-state index contributed by atoms with van der Waals surface area (Å²) in [4.78, 5) is 24.2. The van der Waals surface area contributed by atoms with Gasteiger partial charge in [0.05, 0.1) is 13.7 Å². The average Bonchev–Trinajstić information content (AvgIpc) is 2.44. The molecule has 0 aromatic heterocycles. The monoisotopic (exact) mass is 265 g/mol. The number of likely N-dealkylation sites (N-methyl/N-ethyl adjacent to an activating group) is 1. The Morgan fingerprint density at radius 1 is 1.32 bits per heavy atom. The molecule has 1 aromatic rings. The van der Waals surface area contributed by atoms with Gasteiger partial charge in [0.15, 0.2) is 0 Å². The van der Waals surface area contributed by atoms with Crippen molar-refractivity contribution in [2.24, 2.45) is 0 Å². The number of hydrogen-bond donors (Lipinski definition) is 0. The molecule has 0 saturated carbocycles. The van der Waals surface area contributed by atoms with Crippen molar-refractivity contribution in [3.63, 3.8) is 0 Å². The van der Waals surface area contributed by atoms with Crippen LogP contribution in [0, 0.1) is 0 Å². The highest BCUT2D eigenvalue weighted by molar-refractivity contribution is 6.32. The predicted molar refractivity (Wildman–Crippen MR) is 71.0 cm³/mol. The van der Waals surface area contributed by atoms with E-state index in [0.717, 1.165) is 11.3 Å². The molecule has 5 nitrogen and oxygen atoms in total. The highest BCUT2D eigenvalue weighted by Gasteiger charge is 2.19. The van der Waals surface area contributed by atoms with Gasteiger partial charge in [-0.3, -0.25) is 4.79 Å². The van der Waals surface area contributed by atoms with Crippen LogP contribution < -0.4 is 4.74 Å². The lowest BCUT2D eigenvalue weighted by molar-refractivity contribution is -0.159. The molecule has 0 saturated heterocycles. The Morgan fingerprint density at radius 2 is 2.05 bits per heavy atom. The van der Waals surface area contributed by atoms with E-state index in [2.05, 4.69) is 4.74 Å². The van der Waals surface area contributed by atoms with E-state index in [1.165, 1.54) is 4.90 Å². The second kappa shape index (κ2) is 7.41. The van der Waals surface area contributed by atoms with Gasteiger partial charge >= 0.3 is 11.9 Å². The van der Waals surface area contributed by atoms with Crippen LogP contribution in [0.2, 0.25) is 0 Å². The summed E-state index contributed by atoms with van der Waals surface area (Å²) in [5.74, 6) is -0.655. The van der Waals surface area contributed by atoms with Crippen molar-refractivity contribution >= 4 is 11.9 Å². The van der Waals surface area contributed by atoms with Gasteiger partial charge in [-0.2, -0.15) is 0 Å². The van der Waals surface area contributed by atoms with Gasteiger partial charge in [0, 0.05) is 13.6 Å². The molecule has 19 heavy (non-hydrogen) atoms. The molecule has 0 heterocycles. The molecule has 0 atom stereocenters. The molecule has 0 bridgehead atoms. The fourth-order valence-electron chi connectivity index (χ4n) is 1.57. The second-order valence-electron chi connectivity index (χ2n) is 4.05. The molecule has 1 aromatic carbocycles. The Balaban J connectivity index is 2.51. The lowest BCUT2D eigenvalue weighted by atomic mass is 10.1. The normalized spacial score (nSPS) is 9.84. The van der Waals surface area contributed by atoms with Crippen LogP contribution in [0.25, 0.3) is 0 Å². The number of carbonyl (C=O) groups excluding carboxylic acids is 2. The number of methoxy groups -OCH3 is 1. The highest BCUT2D eigenvalue weighted by Crippen LogP contribution is 2.13. The summed E-state index contributed by atoms with van der Waals surface area (Å²) in [7, 11) is 3.19. The zero-order valence-electron chi connectivity index (χ0n) is 11.5. The maximum absolute atomic E-state index is 11.6. The van der Waals surface area contributed by atoms with Crippen molar-refractivity contribution in [1.29, 1.82) is 0 Å². The molecule has 5 heteroatoms. The van der Waals surface area contributed by atoms with E-state index in [9.17, 15) is 9.59 Å². The first-order valence-corrected chi connectivity index (χ1v) is 6.13. The first kappa shape index (κ1) is 15.0. The van der Waals surface area contributed by atoms with Crippen molar-refractivity contribution < 1.29 is 19.1 Å². The van der Waals surface area contributed by atoms with E-state index in [-0.39, 0.29) is 6.61 Å². The number of carbonyl (C=O) groups is 2. The van der Waals surface area contributed by atoms with E-state index >= 15 is 0 Å². The third-order valence-electron chi connectivity index (χ3n) is 2.67. The van der Waals surface area contributed by atoms with E-state index < -0.39 is 11.9 Å². The first-order valence-electron chi connectivity index (χ1n) is 6.13. The summed E-state index contributed by atoms with van der Waals surface area (Å²) >= 11 is 0. The molecular weight excluding hydrogens is 246 g/mol. The van der Waals surface area contributed by atoms with Crippen molar-refractivity contribution in [2.45, 2.75) is 13.3 Å². The van der Waals surface area contributed by atoms with Crippen LogP contribution >= 0.6 is 0 Å². The van der Waals surface area contributed by atoms with Crippen molar-refractivity contribution in [3.05, 3.63) is 29.8 Å². The molecule has 1 amide bonds. The van der Waals surface area contributed by atoms with E-state index in [4.69, 9.17) is 4.74 Å². The van der Waals surface area contributed by atoms with Crippen LogP contribution in [0.1, 0.15) is 12.5 Å². The minimum atomic E-state index is -0.810. The van der Waals surface area contributed by atoms with E-state index in [1.54, 1.807) is 21.1 Å². The number of ether oxygens (including phenoxy) is 2. The molecule has 0 aliphatic carbocycles. The zero-order chi connectivity index (χ0) is 14.3. The van der Waals surface area contributed by atoms with Crippen LogP contribution in [0.5, 0.6) is 5.75 Å². The van der Waals surface area contributed by atoms with Gasteiger partial charge in [-0.05, 0) is 31.0 Å². The minimum Gasteiger partial charge on any atom is -0.497 e. The maximum Gasteiger partial charge on any atom is 0.396 e. The lowest BCUT2D eigenvalue weighted by Crippen LogP contribution is -2.35. The molecule has 0 fully saturated rings. The van der Waals surface area contributed by atoms with Gasteiger partial charge < -0.3 is 14.4 Å². The molecule has 0 unspecified atom stereocenters. The highest BCUT2D eigenvalue weighted by atomic mass is 16.5. The van der Waals surface area contributed by atoms with E-state index in [1.807, 2.05) is 24.3 Å². The summed E-state index contributed by atoms with van der Waals surface area (Å²) in [6.07, 6.45) is 0.652. The number of benzene rings is 1. The third kappa shape index (κ3) is 4.62. The SMILES string of the molecule is CCOC(=O)C(=O)N(C)CCc1cccc(OC)c1. The van der Waals surface area contributed by atoms with Crippen LogP contribution in [-0.4, -0.2) is 44.1 Å². The quantitative estimate of drug-likeness (QED) is 0.594. The van der Waals surface area contributed by atoms with Gasteiger partial charge in [-0.15, -0.1) is 0 Å². The number of rotatable bonds is 5. The maximum atomic E-state index is 11.6. The fraction of sp³-hybridized carbons (Fsp3) is 0.429. The van der Waals surface area contributed by atoms with E-state index in [0.29, 0.717) is 13.0 Å². The summed E-state index contributed by atoms with van der Waals surface area (Å²) < 4.78 is 9.79. The van der Waals surface area contributed by atoms with Gasteiger partial charge in [0.1, 0.15) is 5.75 Å². The topological polar surface area (TPSA) is 55.8 Å². The zero-order valence-corrected chi connectivity index (χ0v) is 11.5. The Labute approximate surface area is 113 Å². The lowest BCUT2D eigenvalue weighted by Gasteiger charge is -2.16. The smallest absolute Gasteiger partial charge is 0.396 e. The van der Waals surface area contributed by atoms with Crippen LogP contribution in [-0.2, 0) is 20.7 Å². The number of nitrogens with zero attached hydrogens (tertiary/aromatic N) is 1. The molecule has 0 spiro atoms.